The van der Waals surface area contributed by atoms with Gasteiger partial charge in [-0.25, -0.2) is 0 Å². The monoisotopic (exact) mass is 426 g/mol. The highest BCUT2D eigenvalue weighted by atomic mass is 16.5. The first-order valence-corrected chi connectivity index (χ1v) is 11.2. The van der Waals surface area contributed by atoms with E-state index in [1.54, 1.807) is 0 Å². The third-order valence-corrected chi connectivity index (χ3v) is 4.33. The van der Waals surface area contributed by atoms with Crippen LogP contribution in [0.2, 0.25) is 0 Å². The minimum absolute atomic E-state index is 0.374. The van der Waals surface area contributed by atoms with Crippen molar-refractivity contribution in [2.75, 3.05) is 75.9 Å². The zero-order chi connectivity index (χ0) is 22.2. The number of ether oxygens (including phenoxy) is 3. The summed E-state index contributed by atoms with van der Waals surface area (Å²) in [7, 11) is 5.76. The van der Waals surface area contributed by atoms with E-state index in [0.717, 1.165) is 45.1 Å². The van der Waals surface area contributed by atoms with Crippen LogP contribution in [0.25, 0.3) is 0 Å². The Kier molecular flexibility index (Phi) is 14.1. The van der Waals surface area contributed by atoms with Crippen molar-refractivity contribution in [2.45, 2.75) is 59.3 Å². The number of aromatic nitrogens is 3. The fourth-order valence-electron chi connectivity index (χ4n) is 2.36. The Hall–Kier alpha value is -1.71. The SMILES string of the molecule is CCCCOCN(C)c1nc(N(C)C)nc(N(COCCCC)COCCCC)n1. The Morgan fingerprint density at radius 3 is 1.50 bits per heavy atom. The molecule has 1 aromatic rings. The summed E-state index contributed by atoms with van der Waals surface area (Å²) in [5.74, 6) is 1.69. The molecule has 1 aromatic heterocycles. The second-order valence-corrected chi connectivity index (χ2v) is 7.54. The van der Waals surface area contributed by atoms with Crippen LogP contribution in [-0.2, 0) is 14.2 Å². The van der Waals surface area contributed by atoms with Crippen molar-refractivity contribution < 1.29 is 14.2 Å². The molecule has 0 aromatic carbocycles. The number of nitrogens with zero attached hydrogens (tertiary/aromatic N) is 6. The summed E-state index contributed by atoms with van der Waals surface area (Å²) in [5.41, 5.74) is 0. The number of hydrogen-bond acceptors (Lipinski definition) is 9. The average molecular weight is 427 g/mol. The van der Waals surface area contributed by atoms with Gasteiger partial charge in [0.1, 0.15) is 20.2 Å². The molecule has 1 heterocycles. The van der Waals surface area contributed by atoms with Crippen LogP contribution in [0.3, 0.4) is 0 Å². The first-order chi connectivity index (χ1) is 14.5. The standard InChI is InChI=1S/C21H42N6O3/c1-7-10-13-28-16-26(6)20-22-19(25(4)5)23-21(24-20)27(17-29-14-11-8-2)18-30-15-12-9-3/h7-18H2,1-6H3. The fraction of sp³-hybridized carbons (Fsp3) is 0.857. The molecule has 0 bridgehead atoms. The van der Waals surface area contributed by atoms with Crippen LogP contribution >= 0.6 is 0 Å². The van der Waals surface area contributed by atoms with Gasteiger partial charge in [-0.1, -0.05) is 40.0 Å². The molecule has 9 heteroatoms. The summed E-state index contributed by atoms with van der Waals surface area (Å²) in [4.78, 5) is 19.5. The van der Waals surface area contributed by atoms with E-state index in [9.17, 15) is 0 Å². The van der Waals surface area contributed by atoms with Gasteiger partial charge in [0, 0.05) is 41.0 Å². The zero-order valence-electron chi connectivity index (χ0n) is 19.9. The highest BCUT2D eigenvalue weighted by Gasteiger charge is 2.17. The molecule has 0 spiro atoms. The lowest BCUT2D eigenvalue weighted by Gasteiger charge is -2.25. The molecular weight excluding hydrogens is 384 g/mol. The van der Waals surface area contributed by atoms with Gasteiger partial charge in [-0.05, 0) is 19.3 Å². The third kappa shape index (κ3) is 10.4. The van der Waals surface area contributed by atoms with Crippen LogP contribution in [0, 0.1) is 0 Å². The van der Waals surface area contributed by atoms with Crippen LogP contribution in [0.15, 0.2) is 0 Å². The average Bonchev–Trinajstić information content (AvgIpc) is 2.75. The largest absolute Gasteiger partial charge is 0.361 e. The van der Waals surface area contributed by atoms with E-state index in [4.69, 9.17) is 14.2 Å². The van der Waals surface area contributed by atoms with E-state index in [1.807, 2.05) is 35.8 Å². The van der Waals surface area contributed by atoms with Crippen LogP contribution in [0.4, 0.5) is 17.8 Å². The minimum atomic E-state index is 0.374. The van der Waals surface area contributed by atoms with E-state index in [1.165, 1.54) is 0 Å². The van der Waals surface area contributed by atoms with Crippen molar-refractivity contribution in [1.82, 2.24) is 15.0 Å². The molecule has 1 rings (SSSR count). The van der Waals surface area contributed by atoms with E-state index in [-0.39, 0.29) is 0 Å². The van der Waals surface area contributed by atoms with Gasteiger partial charge in [-0.15, -0.1) is 0 Å². The second kappa shape index (κ2) is 16.0. The summed E-state index contributed by atoms with van der Waals surface area (Å²) < 4.78 is 17.4. The maximum absolute atomic E-state index is 5.83. The van der Waals surface area contributed by atoms with E-state index >= 15 is 0 Å². The summed E-state index contributed by atoms with van der Waals surface area (Å²) in [6.07, 6.45) is 6.38. The van der Waals surface area contributed by atoms with Gasteiger partial charge in [0.2, 0.25) is 17.8 Å². The van der Waals surface area contributed by atoms with Gasteiger partial charge < -0.3 is 24.0 Å². The van der Waals surface area contributed by atoms with Gasteiger partial charge in [0.15, 0.2) is 0 Å². The molecule has 9 nitrogen and oxygen atoms in total. The Labute approximate surface area is 182 Å². The molecule has 0 aliphatic heterocycles. The number of anilines is 3. The second-order valence-electron chi connectivity index (χ2n) is 7.54. The molecule has 0 unspecified atom stereocenters. The van der Waals surface area contributed by atoms with Crippen molar-refractivity contribution in [2.24, 2.45) is 0 Å². The molecule has 0 aliphatic rings. The van der Waals surface area contributed by atoms with Crippen LogP contribution in [0.1, 0.15) is 59.3 Å². The Balaban J connectivity index is 2.96. The van der Waals surface area contributed by atoms with Crippen molar-refractivity contribution in [3.63, 3.8) is 0 Å². The molecule has 0 fully saturated rings. The predicted octanol–water partition coefficient (Wildman–Crippen LogP) is 3.50. The Morgan fingerprint density at radius 1 is 0.600 bits per heavy atom. The lowest BCUT2D eigenvalue weighted by atomic mass is 10.4. The molecule has 0 atom stereocenters. The summed E-state index contributed by atoms with van der Waals surface area (Å²) >= 11 is 0. The third-order valence-electron chi connectivity index (χ3n) is 4.33. The van der Waals surface area contributed by atoms with Crippen molar-refractivity contribution >= 4 is 17.8 Å². The lowest BCUT2D eigenvalue weighted by molar-refractivity contribution is 0.0811. The first-order valence-electron chi connectivity index (χ1n) is 11.2. The van der Waals surface area contributed by atoms with Gasteiger partial charge >= 0.3 is 0 Å². The van der Waals surface area contributed by atoms with E-state index in [2.05, 4.69) is 35.7 Å². The maximum atomic E-state index is 5.83. The quantitative estimate of drug-likeness (QED) is 0.259. The molecule has 0 aliphatic carbocycles. The van der Waals surface area contributed by atoms with Gasteiger partial charge in [0.25, 0.3) is 0 Å². The molecule has 0 N–H and O–H groups in total. The molecule has 174 valence electrons. The zero-order valence-corrected chi connectivity index (χ0v) is 19.9. The number of unbranched alkanes of at least 4 members (excludes halogenated alkanes) is 3. The van der Waals surface area contributed by atoms with Gasteiger partial charge in [-0.3, -0.25) is 4.90 Å². The van der Waals surface area contributed by atoms with Crippen molar-refractivity contribution in [3.05, 3.63) is 0 Å². The summed E-state index contributed by atoms with van der Waals surface area (Å²) in [6.45, 7) is 9.74. The molecule has 0 amide bonds. The molecule has 0 radical (unpaired) electrons. The molecule has 0 saturated carbocycles. The fourth-order valence-corrected chi connectivity index (χ4v) is 2.36. The van der Waals surface area contributed by atoms with Crippen LogP contribution in [-0.4, -0.2) is 76.1 Å². The van der Waals surface area contributed by atoms with Gasteiger partial charge in [0.05, 0.1) is 0 Å². The molecule has 0 saturated heterocycles. The van der Waals surface area contributed by atoms with E-state index in [0.29, 0.717) is 51.3 Å². The lowest BCUT2D eigenvalue weighted by Crippen LogP contribution is -2.33. The van der Waals surface area contributed by atoms with Crippen LogP contribution < -0.4 is 14.7 Å². The topological polar surface area (TPSA) is 76.1 Å². The summed E-state index contributed by atoms with van der Waals surface area (Å²) in [6, 6.07) is 0. The minimum Gasteiger partial charge on any atom is -0.361 e. The van der Waals surface area contributed by atoms with E-state index < -0.39 is 0 Å². The predicted molar refractivity (Wildman–Crippen MR) is 122 cm³/mol. The van der Waals surface area contributed by atoms with Crippen molar-refractivity contribution in [1.29, 1.82) is 0 Å². The normalized spacial score (nSPS) is 11.0. The maximum Gasteiger partial charge on any atom is 0.235 e. The number of hydrogen-bond donors (Lipinski definition) is 0. The van der Waals surface area contributed by atoms with Crippen LogP contribution in [0.5, 0.6) is 0 Å². The summed E-state index contributed by atoms with van der Waals surface area (Å²) in [5, 5.41) is 0. The Morgan fingerprint density at radius 2 is 1.03 bits per heavy atom. The smallest absolute Gasteiger partial charge is 0.235 e. The molecule has 30 heavy (non-hydrogen) atoms. The van der Waals surface area contributed by atoms with Crippen molar-refractivity contribution in [3.8, 4) is 0 Å². The first kappa shape index (κ1) is 26.3. The highest BCUT2D eigenvalue weighted by molar-refractivity contribution is 5.45. The molecular formula is C21H42N6O3. The number of rotatable bonds is 18. The van der Waals surface area contributed by atoms with Gasteiger partial charge in [-0.2, -0.15) is 15.0 Å². The Bertz CT molecular complexity index is 550. The highest BCUT2D eigenvalue weighted by Crippen LogP contribution is 2.18.